The largest absolute Gasteiger partial charge is 0.504 e. The topological polar surface area (TPSA) is 106 Å². The number of phenols is 4. The molecule has 0 aliphatic heterocycles. The first kappa shape index (κ1) is 24.4. The van der Waals surface area contributed by atoms with Crippen LogP contribution in [-0.2, 0) is 5.66 Å². The van der Waals surface area contributed by atoms with Gasteiger partial charge in [-0.15, -0.1) is 0 Å². The highest BCUT2D eigenvalue weighted by Crippen LogP contribution is 2.55. The molecule has 0 amide bonds. The van der Waals surface area contributed by atoms with Crippen LogP contribution in [0.5, 0.6) is 23.0 Å². The minimum atomic E-state index is -1.31. The number of benzene rings is 6. The molecular weight excluding hydrogens is 512 g/mol. The zero-order valence-corrected chi connectivity index (χ0v) is 21.7. The van der Waals surface area contributed by atoms with Gasteiger partial charge in [0, 0.05) is 34.7 Å². The number of nitrogens with zero attached hydrogens (tertiary/aromatic N) is 2. The number of hydrogen-bond donors (Lipinski definition) is 4. The van der Waals surface area contributed by atoms with Crippen LogP contribution in [0.1, 0.15) is 22.3 Å². The van der Waals surface area contributed by atoms with Gasteiger partial charge in [0.25, 0.3) is 0 Å². The molecule has 7 rings (SSSR count). The van der Waals surface area contributed by atoms with Crippen LogP contribution < -0.4 is 0 Å². The summed E-state index contributed by atoms with van der Waals surface area (Å²) < 4.78 is 0. The van der Waals surface area contributed by atoms with Crippen molar-refractivity contribution < 1.29 is 20.4 Å². The van der Waals surface area contributed by atoms with Crippen molar-refractivity contribution in [2.45, 2.75) is 5.66 Å². The van der Waals surface area contributed by atoms with E-state index in [0.29, 0.717) is 11.1 Å². The van der Waals surface area contributed by atoms with Crippen LogP contribution in [0.15, 0.2) is 119 Å². The normalized spacial score (nSPS) is 13.8. The van der Waals surface area contributed by atoms with E-state index >= 15 is 0 Å². The molecule has 0 spiro atoms. The van der Waals surface area contributed by atoms with Crippen LogP contribution in [0.2, 0.25) is 0 Å². The van der Waals surface area contributed by atoms with Gasteiger partial charge in [-0.1, -0.05) is 84.9 Å². The summed E-state index contributed by atoms with van der Waals surface area (Å²) in [5.41, 5.74) is 3.01. The summed E-state index contributed by atoms with van der Waals surface area (Å²) in [5, 5.41) is 45.6. The molecule has 1 aliphatic rings. The fourth-order valence-electron chi connectivity index (χ4n) is 5.75. The van der Waals surface area contributed by atoms with Crippen molar-refractivity contribution in [2.24, 2.45) is 9.98 Å². The molecule has 198 valence electrons. The summed E-state index contributed by atoms with van der Waals surface area (Å²) in [5.74, 6) is -1.06. The van der Waals surface area contributed by atoms with Crippen molar-refractivity contribution in [1.82, 2.24) is 0 Å². The van der Waals surface area contributed by atoms with Gasteiger partial charge in [-0.2, -0.15) is 0 Å². The summed E-state index contributed by atoms with van der Waals surface area (Å²) in [6.07, 6.45) is 3.02. The Hall–Kier alpha value is -5.62. The number of aliphatic imine (C=N–C) groups is 2. The van der Waals surface area contributed by atoms with Gasteiger partial charge in [0.2, 0.25) is 5.66 Å². The zero-order valence-electron chi connectivity index (χ0n) is 21.7. The van der Waals surface area contributed by atoms with Crippen LogP contribution in [0.3, 0.4) is 0 Å². The molecule has 1 aliphatic carbocycles. The van der Waals surface area contributed by atoms with Gasteiger partial charge in [-0.25, -0.2) is 0 Å². The molecule has 6 aromatic rings. The molecule has 6 aromatic carbocycles. The summed E-state index contributed by atoms with van der Waals surface area (Å²) in [4.78, 5) is 10.1. The third kappa shape index (κ3) is 3.72. The smallest absolute Gasteiger partial charge is 0.202 e. The van der Waals surface area contributed by atoms with Crippen molar-refractivity contribution in [2.75, 3.05) is 0 Å². The van der Waals surface area contributed by atoms with Crippen LogP contribution in [0.4, 0.5) is 0 Å². The Labute approximate surface area is 235 Å². The van der Waals surface area contributed by atoms with E-state index in [9.17, 15) is 20.4 Å². The summed E-state index contributed by atoms with van der Waals surface area (Å²) in [7, 11) is 0. The van der Waals surface area contributed by atoms with E-state index in [2.05, 4.69) is 24.3 Å². The highest BCUT2D eigenvalue weighted by Gasteiger charge is 2.44. The molecule has 6 heteroatoms. The molecule has 0 saturated heterocycles. The van der Waals surface area contributed by atoms with Gasteiger partial charge in [-0.3, -0.25) is 9.98 Å². The van der Waals surface area contributed by atoms with Crippen molar-refractivity contribution in [3.63, 3.8) is 0 Å². The molecule has 4 N–H and O–H groups in total. The monoisotopic (exact) mass is 536 g/mol. The molecule has 0 aromatic heterocycles. The van der Waals surface area contributed by atoms with Gasteiger partial charge in [-0.05, 0) is 56.9 Å². The lowest BCUT2D eigenvalue weighted by atomic mass is 9.94. The number of fused-ring (bicyclic) bond motifs is 7. The highest BCUT2D eigenvalue weighted by molar-refractivity contribution is 6.11. The first-order valence-electron chi connectivity index (χ1n) is 13.1. The Morgan fingerprint density at radius 3 is 1.37 bits per heavy atom. The molecule has 41 heavy (non-hydrogen) atoms. The molecule has 0 unspecified atom stereocenters. The minimum Gasteiger partial charge on any atom is -0.504 e. The summed E-state index contributed by atoms with van der Waals surface area (Å²) in [6, 6.07) is 33.9. The summed E-state index contributed by atoms with van der Waals surface area (Å²) >= 11 is 0. The number of hydrogen-bond acceptors (Lipinski definition) is 6. The SMILES string of the molecule is Oc1cccc(C=NC2(N=Cc3cccc(O)c3O)c3ccc4ccccc4c3-c3c2ccc2ccccc32)c1O. The first-order chi connectivity index (χ1) is 20.0. The first-order valence-corrected chi connectivity index (χ1v) is 13.1. The lowest BCUT2D eigenvalue weighted by Gasteiger charge is -2.24. The van der Waals surface area contributed by atoms with Crippen molar-refractivity contribution in [3.05, 3.63) is 131 Å². The fourth-order valence-corrected chi connectivity index (χ4v) is 5.75. The average molecular weight is 537 g/mol. The van der Waals surface area contributed by atoms with Gasteiger partial charge in [0.15, 0.2) is 23.0 Å². The van der Waals surface area contributed by atoms with Gasteiger partial charge < -0.3 is 20.4 Å². The Bertz CT molecular complexity index is 1910. The van der Waals surface area contributed by atoms with Gasteiger partial charge in [0.05, 0.1) is 0 Å². The standard InChI is InChI=1S/C35H24N2O4/c38-29-13-5-9-23(33(29)40)19-36-35(37-20-24-10-6-14-30(39)34(24)41)27-17-15-21-7-1-3-11-25(21)31(27)32-26-12-4-2-8-22(26)16-18-28(32)35/h1-20,38-41H. The van der Waals surface area contributed by atoms with E-state index in [1.807, 2.05) is 48.5 Å². The lowest BCUT2D eigenvalue weighted by Crippen LogP contribution is -2.21. The molecule has 0 heterocycles. The van der Waals surface area contributed by atoms with E-state index in [1.165, 1.54) is 24.6 Å². The van der Waals surface area contributed by atoms with E-state index in [-0.39, 0.29) is 23.0 Å². The second-order valence-corrected chi connectivity index (χ2v) is 10.0. The predicted octanol–water partition coefficient (Wildman–Crippen LogP) is 7.24. The molecule has 6 nitrogen and oxygen atoms in total. The van der Waals surface area contributed by atoms with Gasteiger partial charge in [0.1, 0.15) is 0 Å². The van der Waals surface area contributed by atoms with Crippen LogP contribution >= 0.6 is 0 Å². The van der Waals surface area contributed by atoms with Crippen molar-refractivity contribution >= 4 is 34.0 Å². The van der Waals surface area contributed by atoms with Crippen molar-refractivity contribution in [3.8, 4) is 34.1 Å². The lowest BCUT2D eigenvalue weighted by molar-refractivity contribution is 0.403. The Kier molecular flexibility index (Phi) is 5.51. The second kappa shape index (κ2) is 9.24. The molecule has 0 atom stereocenters. The number of rotatable bonds is 4. The average Bonchev–Trinajstić information content (AvgIpc) is 3.29. The molecule has 0 fully saturated rings. The molecular formula is C35H24N2O4. The van der Waals surface area contributed by atoms with E-state index < -0.39 is 5.66 Å². The highest BCUT2D eigenvalue weighted by atomic mass is 16.3. The third-order valence-electron chi connectivity index (χ3n) is 7.73. The molecule has 0 saturated carbocycles. The quantitative estimate of drug-likeness (QED) is 0.141. The van der Waals surface area contributed by atoms with Crippen LogP contribution in [0, 0.1) is 0 Å². The molecule has 0 bridgehead atoms. The van der Waals surface area contributed by atoms with E-state index in [0.717, 1.165) is 43.8 Å². The summed E-state index contributed by atoms with van der Waals surface area (Å²) in [6.45, 7) is 0. The van der Waals surface area contributed by atoms with E-state index in [4.69, 9.17) is 9.98 Å². The Morgan fingerprint density at radius 2 is 0.902 bits per heavy atom. The second-order valence-electron chi connectivity index (χ2n) is 10.0. The third-order valence-corrected chi connectivity index (χ3v) is 7.73. The number of phenolic OH excluding ortho intramolecular Hbond substituents is 4. The fraction of sp³-hybridized carbons (Fsp3) is 0.0286. The Balaban J connectivity index is 1.59. The zero-order chi connectivity index (χ0) is 28.1. The maximum absolute atomic E-state index is 10.6. The van der Waals surface area contributed by atoms with Crippen LogP contribution in [0.25, 0.3) is 32.7 Å². The predicted molar refractivity (Wildman–Crippen MR) is 162 cm³/mol. The van der Waals surface area contributed by atoms with Gasteiger partial charge >= 0.3 is 0 Å². The Morgan fingerprint density at radius 1 is 0.463 bits per heavy atom. The van der Waals surface area contributed by atoms with E-state index in [1.54, 1.807) is 24.3 Å². The maximum Gasteiger partial charge on any atom is 0.202 e. The molecule has 0 radical (unpaired) electrons. The minimum absolute atomic E-state index is 0.250. The van der Waals surface area contributed by atoms with Crippen LogP contribution in [-0.4, -0.2) is 32.9 Å². The maximum atomic E-state index is 10.6. The van der Waals surface area contributed by atoms with Crippen molar-refractivity contribution in [1.29, 1.82) is 0 Å². The number of para-hydroxylation sites is 2. The number of aromatic hydroxyl groups is 4.